The van der Waals surface area contributed by atoms with E-state index in [0.29, 0.717) is 6.17 Å². The zero-order valence-electron chi connectivity index (χ0n) is 10.6. The number of allylic oxidation sites excluding steroid dienone is 1. The van der Waals surface area contributed by atoms with E-state index in [1.54, 1.807) is 0 Å². The predicted octanol–water partition coefficient (Wildman–Crippen LogP) is 2.88. The van der Waals surface area contributed by atoms with Gasteiger partial charge < -0.3 is 5.32 Å². The monoisotopic (exact) mass is 228 g/mol. The van der Waals surface area contributed by atoms with Gasteiger partial charge in [-0.05, 0) is 30.0 Å². The smallest absolute Gasteiger partial charge is 0.0876 e. The Balaban J connectivity index is 2.22. The van der Waals surface area contributed by atoms with Crippen LogP contribution in [-0.2, 0) is 5.41 Å². The van der Waals surface area contributed by atoms with Gasteiger partial charge in [-0.3, -0.25) is 5.32 Å². The lowest BCUT2D eigenvalue weighted by Crippen LogP contribution is -2.49. The second-order valence-electron chi connectivity index (χ2n) is 5.72. The van der Waals surface area contributed by atoms with E-state index < -0.39 is 0 Å². The van der Waals surface area contributed by atoms with Gasteiger partial charge in [0.1, 0.15) is 0 Å². The molecule has 3 rings (SSSR count). The van der Waals surface area contributed by atoms with Gasteiger partial charge in [0.2, 0.25) is 0 Å². The third-order valence-corrected chi connectivity index (χ3v) is 4.73. The fourth-order valence-electron chi connectivity index (χ4n) is 3.57. The summed E-state index contributed by atoms with van der Waals surface area (Å²) in [5.41, 5.74) is 2.95. The molecule has 2 heterocycles. The highest BCUT2D eigenvalue weighted by Crippen LogP contribution is 2.55. The minimum absolute atomic E-state index is 0.0841. The lowest BCUT2D eigenvalue weighted by atomic mass is 9.61. The molecule has 0 bridgehead atoms. The molecule has 90 valence electrons. The Labute approximate surface area is 103 Å². The number of hydrogen-bond donors (Lipinski definition) is 2. The molecular formula is C15H20N2. The van der Waals surface area contributed by atoms with Crippen molar-refractivity contribution < 1.29 is 0 Å². The van der Waals surface area contributed by atoms with E-state index in [0.717, 1.165) is 6.54 Å². The first-order valence-electron chi connectivity index (χ1n) is 6.35. The van der Waals surface area contributed by atoms with Gasteiger partial charge in [0.05, 0.1) is 6.17 Å². The summed E-state index contributed by atoms with van der Waals surface area (Å²) in [4.78, 5) is 0. The summed E-state index contributed by atoms with van der Waals surface area (Å²) >= 11 is 0. The molecule has 2 atom stereocenters. The molecular weight excluding hydrogens is 208 g/mol. The van der Waals surface area contributed by atoms with Crippen LogP contribution in [0.1, 0.15) is 25.8 Å². The van der Waals surface area contributed by atoms with E-state index in [1.807, 2.05) is 0 Å². The molecule has 0 unspecified atom stereocenters. The van der Waals surface area contributed by atoms with E-state index in [4.69, 9.17) is 0 Å². The lowest BCUT2D eigenvalue weighted by Gasteiger charge is -2.42. The topological polar surface area (TPSA) is 24.1 Å². The maximum absolute atomic E-state index is 4.05. The third kappa shape index (κ3) is 1.19. The molecule has 0 aliphatic carbocycles. The summed E-state index contributed by atoms with van der Waals surface area (Å²) in [6.07, 6.45) is 3.62. The first kappa shape index (κ1) is 10.8. The zero-order chi connectivity index (χ0) is 12.1. The average Bonchev–Trinajstić information content (AvgIpc) is 2.85. The maximum Gasteiger partial charge on any atom is 0.0876 e. The average molecular weight is 228 g/mol. The summed E-state index contributed by atoms with van der Waals surface area (Å²) in [5, 5.41) is 7.21. The molecule has 0 saturated carbocycles. The Kier molecular flexibility index (Phi) is 2.14. The summed E-state index contributed by atoms with van der Waals surface area (Å²) in [6, 6.07) is 8.68. The van der Waals surface area contributed by atoms with Gasteiger partial charge in [-0.25, -0.2) is 0 Å². The normalized spacial score (nSPS) is 30.6. The molecule has 2 N–H and O–H groups in total. The summed E-state index contributed by atoms with van der Waals surface area (Å²) in [7, 11) is 0. The van der Waals surface area contributed by atoms with Crippen LogP contribution in [0.4, 0.5) is 5.69 Å². The molecule has 1 aromatic rings. The molecule has 0 amide bonds. The highest BCUT2D eigenvalue weighted by Gasteiger charge is 2.57. The van der Waals surface area contributed by atoms with Crippen LogP contribution in [0, 0.1) is 5.41 Å². The van der Waals surface area contributed by atoms with Gasteiger partial charge >= 0.3 is 0 Å². The fraction of sp³-hybridized carbons (Fsp3) is 0.467. The maximum atomic E-state index is 4.05. The Morgan fingerprint density at radius 2 is 2.18 bits per heavy atom. The SMILES string of the molecule is C=CC(C)(C)[C@@]12CCN[C@@H]1Nc1ccccc12. The van der Waals surface area contributed by atoms with Crippen molar-refractivity contribution in [2.75, 3.05) is 11.9 Å². The summed E-state index contributed by atoms with van der Waals surface area (Å²) in [6.45, 7) is 9.71. The number of benzene rings is 1. The molecule has 0 spiro atoms. The first-order chi connectivity index (χ1) is 8.12. The Morgan fingerprint density at radius 1 is 1.41 bits per heavy atom. The minimum Gasteiger partial charge on any atom is -0.369 e. The molecule has 1 aromatic carbocycles. The van der Waals surface area contributed by atoms with E-state index >= 15 is 0 Å². The number of hydrogen-bond acceptors (Lipinski definition) is 2. The molecule has 2 aliphatic rings. The van der Waals surface area contributed by atoms with Gasteiger partial charge in [0.15, 0.2) is 0 Å². The van der Waals surface area contributed by atoms with Gasteiger partial charge in [-0.2, -0.15) is 0 Å². The van der Waals surface area contributed by atoms with Crippen molar-refractivity contribution in [1.29, 1.82) is 0 Å². The zero-order valence-corrected chi connectivity index (χ0v) is 10.6. The second-order valence-corrected chi connectivity index (χ2v) is 5.72. The van der Waals surface area contributed by atoms with Crippen LogP contribution in [0.25, 0.3) is 0 Å². The van der Waals surface area contributed by atoms with Crippen molar-refractivity contribution >= 4 is 5.69 Å². The number of para-hydroxylation sites is 1. The Morgan fingerprint density at radius 3 is 2.94 bits per heavy atom. The van der Waals surface area contributed by atoms with Crippen LogP contribution in [0.2, 0.25) is 0 Å². The second kappa shape index (κ2) is 3.36. The quantitative estimate of drug-likeness (QED) is 0.761. The highest BCUT2D eigenvalue weighted by atomic mass is 15.2. The van der Waals surface area contributed by atoms with Crippen LogP contribution in [-0.4, -0.2) is 12.7 Å². The standard InChI is InChI=1S/C15H20N2/c1-4-14(2,3)15-9-10-16-13(15)17-12-8-6-5-7-11(12)15/h4-8,13,16-17H,1,9-10H2,2-3H3/t13-,15-/m1/s1. The Bertz CT molecular complexity index is 464. The van der Waals surface area contributed by atoms with Crippen LogP contribution < -0.4 is 10.6 Å². The third-order valence-electron chi connectivity index (χ3n) is 4.73. The van der Waals surface area contributed by atoms with Crippen molar-refractivity contribution in [3.63, 3.8) is 0 Å². The van der Waals surface area contributed by atoms with Crippen molar-refractivity contribution in [1.82, 2.24) is 5.32 Å². The Hall–Kier alpha value is -1.28. The molecule has 1 fully saturated rings. The highest BCUT2D eigenvalue weighted by molar-refractivity contribution is 5.64. The van der Waals surface area contributed by atoms with Crippen molar-refractivity contribution in [3.8, 4) is 0 Å². The summed E-state index contributed by atoms with van der Waals surface area (Å²) < 4.78 is 0. The van der Waals surface area contributed by atoms with E-state index in [-0.39, 0.29) is 10.8 Å². The molecule has 2 nitrogen and oxygen atoms in total. The predicted molar refractivity (Wildman–Crippen MR) is 72.1 cm³/mol. The lowest BCUT2D eigenvalue weighted by molar-refractivity contribution is 0.217. The van der Waals surface area contributed by atoms with E-state index in [9.17, 15) is 0 Å². The van der Waals surface area contributed by atoms with E-state index in [1.165, 1.54) is 17.7 Å². The van der Waals surface area contributed by atoms with Crippen molar-refractivity contribution in [3.05, 3.63) is 42.5 Å². The van der Waals surface area contributed by atoms with Crippen molar-refractivity contribution in [2.24, 2.45) is 5.41 Å². The fourth-order valence-corrected chi connectivity index (χ4v) is 3.57. The van der Waals surface area contributed by atoms with Gasteiger partial charge in [0.25, 0.3) is 0 Å². The number of nitrogens with one attached hydrogen (secondary N) is 2. The minimum atomic E-state index is 0.0841. The van der Waals surface area contributed by atoms with Gasteiger partial charge in [-0.1, -0.05) is 38.1 Å². The van der Waals surface area contributed by atoms with E-state index in [2.05, 4.69) is 61.4 Å². The van der Waals surface area contributed by atoms with Crippen LogP contribution in [0.5, 0.6) is 0 Å². The molecule has 2 heteroatoms. The largest absolute Gasteiger partial charge is 0.369 e. The first-order valence-corrected chi connectivity index (χ1v) is 6.35. The molecule has 1 saturated heterocycles. The molecule has 17 heavy (non-hydrogen) atoms. The van der Waals surface area contributed by atoms with Crippen LogP contribution in [0.3, 0.4) is 0 Å². The number of rotatable bonds is 2. The number of anilines is 1. The van der Waals surface area contributed by atoms with Crippen molar-refractivity contribution in [2.45, 2.75) is 31.8 Å². The number of fused-ring (bicyclic) bond motifs is 3. The van der Waals surface area contributed by atoms with Crippen LogP contribution >= 0.6 is 0 Å². The van der Waals surface area contributed by atoms with Gasteiger partial charge in [0, 0.05) is 11.1 Å². The summed E-state index contributed by atoms with van der Waals surface area (Å²) in [5.74, 6) is 0. The van der Waals surface area contributed by atoms with Crippen LogP contribution in [0.15, 0.2) is 36.9 Å². The molecule has 2 aliphatic heterocycles. The molecule has 0 radical (unpaired) electrons. The van der Waals surface area contributed by atoms with Gasteiger partial charge in [-0.15, -0.1) is 6.58 Å². The molecule has 0 aromatic heterocycles.